The van der Waals surface area contributed by atoms with E-state index in [2.05, 4.69) is 20.3 Å². The number of nitrogens with zero attached hydrogens (tertiary/aromatic N) is 5. The molecule has 1 aromatic carbocycles. The van der Waals surface area contributed by atoms with Crippen molar-refractivity contribution in [1.29, 1.82) is 0 Å². The second-order valence-corrected chi connectivity index (χ2v) is 7.55. The number of aromatic nitrogens is 3. The fourth-order valence-electron chi connectivity index (χ4n) is 3.91. The zero-order valence-electron chi connectivity index (χ0n) is 17.5. The summed E-state index contributed by atoms with van der Waals surface area (Å²) in [5.41, 5.74) is 3.02. The molecule has 0 spiro atoms. The van der Waals surface area contributed by atoms with Crippen LogP contribution < -0.4 is 10.2 Å². The lowest BCUT2D eigenvalue weighted by Crippen LogP contribution is -2.49. The maximum atomic E-state index is 13.7. The Morgan fingerprint density at radius 1 is 1.10 bits per heavy atom. The van der Waals surface area contributed by atoms with Gasteiger partial charge >= 0.3 is 0 Å². The molecule has 1 saturated heterocycles. The summed E-state index contributed by atoms with van der Waals surface area (Å²) < 4.78 is 28.6. The third kappa shape index (κ3) is 4.56. The average Bonchev–Trinajstić information content (AvgIpc) is 3.05. The van der Waals surface area contributed by atoms with Crippen LogP contribution in [0.15, 0.2) is 42.6 Å². The van der Waals surface area contributed by atoms with Crippen LogP contribution >= 0.6 is 0 Å². The number of carbonyl (C=O) groups excluding carboxylic acids is 1. The minimum Gasteiger partial charge on any atom is -0.366 e. The third-order valence-corrected chi connectivity index (χ3v) is 5.38. The molecular formula is C22H24F2N6O. The van der Waals surface area contributed by atoms with Gasteiger partial charge in [-0.2, -0.15) is 5.10 Å². The quantitative estimate of drug-likeness (QED) is 0.680. The molecule has 0 aliphatic carbocycles. The van der Waals surface area contributed by atoms with Crippen LogP contribution in [-0.4, -0.2) is 58.3 Å². The highest BCUT2D eigenvalue weighted by Gasteiger charge is 2.24. The van der Waals surface area contributed by atoms with Crippen molar-refractivity contribution in [3.8, 4) is 5.82 Å². The van der Waals surface area contributed by atoms with Crippen LogP contribution in [0.4, 0.5) is 20.2 Å². The van der Waals surface area contributed by atoms with Gasteiger partial charge in [-0.3, -0.25) is 9.69 Å². The van der Waals surface area contributed by atoms with Crippen LogP contribution in [0.25, 0.3) is 5.82 Å². The molecule has 0 bridgehead atoms. The maximum absolute atomic E-state index is 13.7. The standard InChI is InChI=1S/C22H24F2N6O/c1-15-22(16(2)30(27-15)20-5-3-4-8-25-20)29-11-9-28(10-12-29)14-21(31)26-19-7-6-17(23)13-18(19)24/h3-8,13H,9-12,14H2,1-2H3,(H,26,31). The Bertz CT molecular complexity index is 1080. The fraction of sp³-hybridized carbons (Fsp3) is 0.318. The molecule has 4 rings (SSSR count). The molecular weight excluding hydrogens is 402 g/mol. The fourth-order valence-corrected chi connectivity index (χ4v) is 3.91. The van der Waals surface area contributed by atoms with Crippen molar-refractivity contribution in [2.75, 3.05) is 42.9 Å². The van der Waals surface area contributed by atoms with Gasteiger partial charge in [-0.05, 0) is 38.1 Å². The normalized spacial score (nSPS) is 14.6. The number of rotatable bonds is 5. The molecule has 1 amide bonds. The maximum Gasteiger partial charge on any atom is 0.238 e. The number of hydrogen-bond donors (Lipinski definition) is 1. The summed E-state index contributed by atoms with van der Waals surface area (Å²) in [5.74, 6) is -1.01. The van der Waals surface area contributed by atoms with E-state index in [4.69, 9.17) is 0 Å². The number of carbonyl (C=O) groups is 1. The highest BCUT2D eigenvalue weighted by molar-refractivity contribution is 5.92. The second-order valence-electron chi connectivity index (χ2n) is 7.55. The van der Waals surface area contributed by atoms with Crippen LogP contribution in [-0.2, 0) is 4.79 Å². The lowest BCUT2D eigenvalue weighted by Gasteiger charge is -2.35. The van der Waals surface area contributed by atoms with Gasteiger partial charge < -0.3 is 10.2 Å². The molecule has 0 saturated carbocycles. The van der Waals surface area contributed by atoms with E-state index in [1.165, 1.54) is 6.07 Å². The molecule has 162 valence electrons. The van der Waals surface area contributed by atoms with E-state index in [0.29, 0.717) is 13.1 Å². The lowest BCUT2D eigenvalue weighted by molar-refractivity contribution is -0.117. The van der Waals surface area contributed by atoms with Crippen molar-refractivity contribution in [2.24, 2.45) is 0 Å². The van der Waals surface area contributed by atoms with Gasteiger partial charge in [0.05, 0.1) is 29.3 Å². The van der Waals surface area contributed by atoms with Crippen LogP contribution in [0.2, 0.25) is 0 Å². The number of aryl methyl sites for hydroxylation is 1. The largest absolute Gasteiger partial charge is 0.366 e. The molecule has 9 heteroatoms. The summed E-state index contributed by atoms with van der Waals surface area (Å²) in [7, 11) is 0. The van der Waals surface area contributed by atoms with E-state index >= 15 is 0 Å². The molecule has 1 fully saturated rings. The number of pyridine rings is 1. The van der Waals surface area contributed by atoms with Gasteiger partial charge in [-0.1, -0.05) is 6.07 Å². The molecule has 1 aliphatic heterocycles. The van der Waals surface area contributed by atoms with Crippen LogP contribution in [0.3, 0.4) is 0 Å². The predicted molar refractivity (Wildman–Crippen MR) is 114 cm³/mol. The molecule has 31 heavy (non-hydrogen) atoms. The van der Waals surface area contributed by atoms with E-state index in [-0.39, 0.29) is 18.1 Å². The van der Waals surface area contributed by atoms with Gasteiger partial charge in [0.1, 0.15) is 11.6 Å². The minimum absolute atomic E-state index is 0.0155. The second kappa shape index (κ2) is 8.81. The van der Waals surface area contributed by atoms with Crippen molar-refractivity contribution in [3.63, 3.8) is 0 Å². The summed E-state index contributed by atoms with van der Waals surface area (Å²) in [4.78, 5) is 21.0. The number of piperazine rings is 1. The molecule has 3 aromatic rings. The highest BCUT2D eigenvalue weighted by Crippen LogP contribution is 2.27. The third-order valence-electron chi connectivity index (χ3n) is 5.38. The smallest absolute Gasteiger partial charge is 0.238 e. The Balaban J connectivity index is 1.37. The van der Waals surface area contributed by atoms with E-state index in [0.717, 1.165) is 48.1 Å². The number of anilines is 2. The van der Waals surface area contributed by atoms with Crippen LogP contribution in [0.1, 0.15) is 11.4 Å². The van der Waals surface area contributed by atoms with Crippen LogP contribution in [0, 0.1) is 25.5 Å². The van der Waals surface area contributed by atoms with E-state index in [1.807, 2.05) is 41.6 Å². The summed E-state index contributed by atoms with van der Waals surface area (Å²) in [6, 6.07) is 8.82. The average molecular weight is 426 g/mol. The van der Waals surface area contributed by atoms with E-state index < -0.39 is 11.6 Å². The van der Waals surface area contributed by atoms with Crippen molar-refractivity contribution in [3.05, 3.63) is 65.6 Å². The predicted octanol–water partition coefficient (Wildman–Crippen LogP) is 2.92. The monoisotopic (exact) mass is 426 g/mol. The first kappa shape index (κ1) is 20.9. The van der Waals surface area contributed by atoms with Crippen LogP contribution in [0.5, 0.6) is 0 Å². The van der Waals surface area contributed by atoms with Crippen molar-refractivity contribution >= 4 is 17.3 Å². The van der Waals surface area contributed by atoms with Gasteiger partial charge in [0, 0.05) is 38.4 Å². The first-order chi connectivity index (χ1) is 14.9. The molecule has 3 heterocycles. The lowest BCUT2D eigenvalue weighted by atomic mass is 10.2. The van der Waals surface area contributed by atoms with Crippen molar-refractivity contribution in [2.45, 2.75) is 13.8 Å². The van der Waals surface area contributed by atoms with Gasteiger partial charge in [0.2, 0.25) is 5.91 Å². The Hall–Kier alpha value is -3.33. The summed E-state index contributed by atoms with van der Waals surface area (Å²) in [6.07, 6.45) is 1.74. The molecule has 2 aromatic heterocycles. The highest BCUT2D eigenvalue weighted by atomic mass is 19.1. The molecule has 1 N–H and O–H groups in total. The zero-order valence-corrected chi connectivity index (χ0v) is 17.5. The van der Waals surface area contributed by atoms with Gasteiger partial charge in [-0.15, -0.1) is 0 Å². The van der Waals surface area contributed by atoms with E-state index in [1.54, 1.807) is 6.20 Å². The van der Waals surface area contributed by atoms with Gasteiger partial charge in [0.15, 0.2) is 5.82 Å². The van der Waals surface area contributed by atoms with E-state index in [9.17, 15) is 13.6 Å². The Kier molecular flexibility index (Phi) is 5.94. The molecule has 0 atom stereocenters. The minimum atomic E-state index is -0.783. The first-order valence-corrected chi connectivity index (χ1v) is 10.1. The number of halogens is 2. The molecule has 7 nitrogen and oxygen atoms in total. The Labute approximate surface area is 179 Å². The first-order valence-electron chi connectivity index (χ1n) is 10.1. The number of nitrogens with one attached hydrogen (secondary N) is 1. The number of amides is 1. The Morgan fingerprint density at radius 3 is 2.55 bits per heavy atom. The van der Waals surface area contributed by atoms with Gasteiger partial charge in [-0.25, -0.2) is 18.4 Å². The topological polar surface area (TPSA) is 66.3 Å². The number of benzene rings is 1. The molecule has 0 unspecified atom stereocenters. The summed E-state index contributed by atoms with van der Waals surface area (Å²) in [6.45, 7) is 7.03. The molecule has 0 radical (unpaired) electrons. The van der Waals surface area contributed by atoms with Crippen molar-refractivity contribution < 1.29 is 13.6 Å². The van der Waals surface area contributed by atoms with Crippen molar-refractivity contribution in [1.82, 2.24) is 19.7 Å². The summed E-state index contributed by atoms with van der Waals surface area (Å²) in [5, 5.41) is 7.17. The van der Waals surface area contributed by atoms with Gasteiger partial charge in [0.25, 0.3) is 0 Å². The number of hydrogen-bond acceptors (Lipinski definition) is 5. The SMILES string of the molecule is Cc1nn(-c2ccccn2)c(C)c1N1CCN(CC(=O)Nc2ccc(F)cc2F)CC1. The zero-order chi connectivity index (χ0) is 22.0. The molecule has 1 aliphatic rings. The Morgan fingerprint density at radius 2 is 1.87 bits per heavy atom. The summed E-state index contributed by atoms with van der Waals surface area (Å²) >= 11 is 0.